The van der Waals surface area contributed by atoms with Gasteiger partial charge in [-0.2, -0.15) is 0 Å². The molecule has 0 aliphatic carbocycles. The third-order valence-electron chi connectivity index (χ3n) is 5.74. The summed E-state index contributed by atoms with van der Waals surface area (Å²) in [5.74, 6) is -0.248. The van der Waals surface area contributed by atoms with Gasteiger partial charge in [-0.3, -0.25) is 0 Å². The minimum Gasteiger partial charge on any atom is -1.00 e. The Morgan fingerprint density at radius 2 is 1.23 bits per heavy atom. The van der Waals surface area contributed by atoms with Crippen LogP contribution in [0.25, 0.3) is 0 Å². The van der Waals surface area contributed by atoms with Crippen molar-refractivity contribution < 1.29 is 31.5 Å². The molecule has 3 rings (SSSR count). The number of nitrogens with one attached hydrogen (secondary N) is 1. The maximum absolute atomic E-state index is 12.6. The fourth-order valence-corrected chi connectivity index (χ4v) is 8.25. The molecule has 3 aromatic carbocycles. The van der Waals surface area contributed by atoms with Crippen molar-refractivity contribution in [2.24, 2.45) is 5.92 Å². The van der Waals surface area contributed by atoms with Gasteiger partial charge in [0.25, 0.3) is 0 Å². The van der Waals surface area contributed by atoms with Crippen LogP contribution in [0.3, 0.4) is 0 Å². The van der Waals surface area contributed by atoms with Crippen LogP contribution in [0.1, 0.15) is 20.3 Å². The molecule has 0 bridgehead atoms. The smallest absolute Gasteiger partial charge is 0.407 e. The van der Waals surface area contributed by atoms with E-state index >= 15 is 0 Å². The van der Waals surface area contributed by atoms with Crippen LogP contribution >= 0.6 is 7.26 Å². The monoisotopic (exact) mass is 513 g/mol. The lowest BCUT2D eigenvalue weighted by atomic mass is 10.0. The van der Waals surface area contributed by atoms with Crippen molar-refractivity contribution in [1.82, 2.24) is 5.32 Å². The molecule has 186 valence electrons. The highest BCUT2D eigenvalue weighted by Gasteiger charge is 2.45. The number of carbonyl (C=O) groups is 2. The van der Waals surface area contributed by atoms with Gasteiger partial charge in [-0.05, 0) is 48.7 Å². The maximum Gasteiger partial charge on any atom is 0.407 e. The zero-order chi connectivity index (χ0) is 24.4. The van der Waals surface area contributed by atoms with Crippen molar-refractivity contribution in [2.45, 2.75) is 26.3 Å². The highest BCUT2D eigenvalue weighted by molar-refractivity contribution is 7.95. The second kappa shape index (κ2) is 13.9. The average Bonchev–Trinajstić information content (AvgIpc) is 2.87. The van der Waals surface area contributed by atoms with Gasteiger partial charge in [-0.15, -0.1) is 0 Å². The minimum absolute atomic E-state index is 0. The van der Waals surface area contributed by atoms with Gasteiger partial charge in [0.2, 0.25) is 0 Å². The van der Waals surface area contributed by atoms with Crippen molar-refractivity contribution in [3.63, 3.8) is 0 Å². The Bertz CT molecular complexity index is 952. The van der Waals surface area contributed by atoms with Crippen LogP contribution in [0.4, 0.5) is 4.79 Å². The number of methoxy groups -OCH3 is 1. The first-order valence-corrected chi connectivity index (χ1v) is 13.5. The number of benzene rings is 3. The lowest BCUT2D eigenvalue weighted by molar-refractivity contribution is -0.143. The fraction of sp³-hybridized carbons (Fsp3) is 0.286. The van der Waals surface area contributed by atoms with Gasteiger partial charge >= 0.3 is 12.1 Å². The molecule has 5 nitrogen and oxygen atoms in total. The molecule has 35 heavy (non-hydrogen) atoms. The Kier molecular flexibility index (Phi) is 11.2. The van der Waals surface area contributed by atoms with E-state index in [9.17, 15) is 9.59 Å². The third-order valence-corrected chi connectivity index (χ3v) is 10.1. The number of esters is 1. The number of hydrogen-bond acceptors (Lipinski definition) is 4. The summed E-state index contributed by atoms with van der Waals surface area (Å²) in [7, 11) is -0.767. The van der Waals surface area contributed by atoms with Crippen molar-refractivity contribution in [1.29, 1.82) is 0 Å². The van der Waals surface area contributed by atoms with Gasteiger partial charge in [0.15, 0.2) is 0 Å². The van der Waals surface area contributed by atoms with Crippen molar-refractivity contribution in [3.05, 3.63) is 91.0 Å². The summed E-state index contributed by atoms with van der Waals surface area (Å²) in [6.07, 6.45) is 0.519. The highest BCUT2D eigenvalue weighted by Crippen LogP contribution is 2.54. The van der Waals surface area contributed by atoms with Crippen LogP contribution in [-0.4, -0.2) is 38.0 Å². The molecule has 0 aliphatic heterocycles. The summed E-state index contributed by atoms with van der Waals surface area (Å²) in [5, 5.41) is 6.36. The molecular weight excluding hydrogens is 481 g/mol. The fourth-order valence-electron chi connectivity index (χ4n) is 4.17. The molecule has 1 N–H and O–H groups in total. The first-order chi connectivity index (χ1) is 16.5. The van der Waals surface area contributed by atoms with Crippen LogP contribution in [0.2, 0.25) is 0 Å². The van der Waals surface area contributed by atoms with E-state index < -0.39 is 25.4 Å². The van der Waals surface area contributed by atoms with Crippen molar-refractivity contribution in [2.75, 3.05) is 19.9 Å². The zero-order valence-corrected chi connectivity index (χ0v) is 22.0. The molecular formula is C28H33ClNO4P. The SMILES string of the molecule is COC(=O)C(CC(C)C)NC(=O)OCC[P+](c1ccccc1)(c1ccccc1)c1ccccc1.[Cl-]. The van der Waals surface area contributed by atoms with E-state index in [-0.39, 0.29) is 24.9 Å². The zero-order valence-electron chi connectivity index (χ0n) is 20.4. The largest absolute Gasteiger partial charge is 1.00 e. The van der Waals surface area contributed by atoms with Crippen LogP contribution in [0.15, 0.2) is 91.0 Å². The predicted molar refractivity (Wildman–Crippen MR) is 140 cm³/mol. The van der Waals surface area contributed by atoms with Gasteiger partial charge in [0.05, 0.1) is 7.11 Å². The molecule has 1 atom stereocenters. The molecule has 0 aromatic heterocycles. The number of carbonyl (C=O) groups excluding carboxylic acids is 2. The van der Waals surface area contributed by atoms with Gasteiger partial charge in [0, 0.05) is 0 Å². The highest BCUT2D eigenvalue weighted by atomic mass is 35.5. The van der Waals surface area contributed by atoms with Gasteiger partial charge in [0.1, 0.15) is 42.0 Å². The van der Waals surface area contributed by atoms with E-state index in [1.165, 1.54) is 23.0 Å². The third kappa shape index (κ3) is 7.30. The minimum atomic E-state index is -2.09. The number of rotatable bonds is 10. The molecule has 1 amide bonds. The maximum atomic E-state index is 12.6. The van der Waals surface area contributed by atoms with Crippen LogP contribution in [-0.2, 0) is 14.3 Å². The molecule has 0 radical (unpaired) electrons. The van der Waals surface area contributed by atoms with Gasteiger partial charge in [-0.25, -0.2) is 9.59 Å². The van der Waals surface area contributed by atoms with E-state index in [0.29, 0.717) is 12.6 Å². The second-order valence-electron chi connectivity index (χ2n) is 8.53. The molecule has 3 aromatic rings. The molecule has 1 unspecified atom stereocenters. The van der Waals surface area contributed by atoms with Gasteiger partial charge in [-0.1, -0.05) is 68.4 Å². The molecule has 0 fully saturated rings. The Labute approximate surface area is 215 Å². The summed E-state index contributed by atoms with van der Waals surface area (Å²) in [6, 6.07) is 30.6. The standard InChI is InChI=1S/C28H32NO4P.ClH/c1-22(2)21-26(27(30)32-3)29-28(31)33-19-20-34(23-13-7-4-8-14-23,24-15-9-5-10-16-24)25-17-11-6-12-18-25;/h4-18,22,26H,19-21H2,1-3H3;1H. The summed E-state index contributed by atoms with van der Waals surface area (Å²) >= 11 is 0. The Balaban J connectivity index is 0.00000432. The quantitative estimate of drug-likeness (QED) is 0.328. The van der Waals surface area contributed by atoms with Crippen LogP contribution in [0, 0.1) is 5.92 Å². The molecule has 0 saturated carbocycles. The number of hydrogen-bond donors (Lipinski definition) is 1. The van der Waals surface area contributed by atoms with E-state index in [4.69, 9.17) is 9.47 Å². The van der Waals surface area contributed by atoms with E-state index in [0.717, 1.165) is 0 Å². The van der Waals surface area contributed by atoms with E-state index in [1.54, 1.807) is 0 Å². The summed E-state index contributed by atoms with van der Waals surface area (Å²) in [6.45, 7) is 4.19. The average molecular weight is 514 g/mol. The lowest BCUT2D eigenvalue weighted by Gasteiger charge is -2.27. The van der Waals surface area contributed by atoms with Crippen LogP contribution in [0.5, 0.6) is 0 Å². The Morgan fingerprint density at radius 1 is 0.800 bits per heavy atom. The first-order valence-electron chi connectivity index (χ1n) is 11.5. The molecule has 0 spiro atoms. The molecule has 0 heterocycles. The van der Waals surface area contributed by atoms with E-state index in [1.807, 2.05) is 32.0 Å². The number of amides is 1. The van der Waals surface area contributed by atoms with Crippen molar-refractivity contribution in [3.8, 4) is 0 Å². The normalized spacial score (nSPS) is 11.8. The lowest BCUT2D eigenvalue weighted by Crippen LogP contribution is -3.00. The summed E-state index contributed by atoms with van der Waals surface area (Å²) < 4.78 is 10.5. The second-order valence-corrected chi connectivity index (χ2v) is 12.1. The Hall–Kier alpha value is -2.88. The van der Waals surface area contributed by atoms with Crippen molar-refractivity contribution >= 4 is 35.2 Å². The predicted octanol–water partition coefficient (Wildman–Crippen LogP) is 1.30. The number of ether oxygens (including phenoxy) is 2. The molecule has 0 aliphatic rings. The topological polar surface area (TPSA) is 64.6 Å². The molecule has 7 heteroatoms. The Morgan fingerprint density at radius 3 is 1.60 bits per heavy atom. The number of alkyl carbamates (subject to hydrolysis) is 1. The number of halogens is 1. The van der Waals surface area contributed by atoms with E-state index in [2.05, 4.69) is 78.1 Å². The van der Waals surface area contributed by atoms with Crippen LogP contribution < -0.4 is 33.6 Å². The van der Waals surface area contributed by atoms with Gasteiger partial charge < -0.3 is 27.2 Å². The summed E-state index contributed by atoms with van der Waals surface area (Å²) in [4.78, 5) is 24.7. The summed E-state index contributed by atoms with van der Waals surface area (Å²) in [5.41, 5.74) is 0. The first kappa shape index (κ1) is 28.4. The molecule has 0 saturated heterocycles.